The molecule has 0 unspecified atom stereocenters. The van der Waals surface area contributed by atoms with Gasteiger partial charge in [0.15, 0.2) is 0 Å². The molecule has 0 aliphatic carbocycles. The zero-order valence-electron chi connectivity index (χ0n) is 14.8. The molecule has 1 aromatic rings. The maximum atomic E-state index is 12.4. The molecule has 0 aliphatic rings. The first kappa shape index (κ1) is 19.5. The molecule has 7 heteroatoms. The summed E-state index contributed by atoms with van der Waals surface area (Å²) in [5.74, 6) is -0.567. The van der Waals surface area contributed by atoms with Crippen LogP contribution in [0.1, 0.15) is 32.8 Å². The van der Waals surface area contributed by atoms with Crippen LogP contribution in [0.25, 0.3) is 0 Å². The van der Waals surface area contributed by atoms with E-state index in [2.05, 4.69) is 5.43 Å². The minimum absolute atomic E-state index is 0.0281. The van der Waals surface area contributed by atoms with Crippen molar-refractivity contribution in [2.75, 3.05) is 20.6 Å². The van der Waals surface area contributed by atoms with Crippen molar-refractivity contribution in [3.8, 4) is 0 Å². The van der Waals surface area contributed by atoms with Gasteiger partial charge in [0, 0.05) is 27.4 Å². The fourth-order valence-corrected chi connectivity index (χ4v) is 1.99. The van der Waals surface area contributed by atoms with Crippen LogP contribution in [-0.2, 0) is 19.9 Å². The third kappa shape index (κ3) is 5.91. The number of rotatable bonds is 5. The van der Waals surface area contributed by atoms with Crippen LogP contribution in [0.3, 0.4) is 0 Å². The normalized spacial score (nSPS) is 10.7. The summed E-state index contributed by atoms with van der Waals surface area (Å²) < 4.78 is 5.53. The molecule has 132 valence electrons. The second-order valence-corrected chi connectivity index (χ2v) is 6.10. The van der Waals surface area contributed by atoms with Crippen LogP contribution < -0.4 is 5.43 Å². The van der Waals surface area contributed by atoms with Crippen molar-refractivity contribution in [2.45, 2.75) is 32.8 Å². The fraction of sp³-hybridized carbons (Fsp3) is 0.471. The van der Waals surface area contributed by atoms with E-state index in [1.54, 1.807) is 27.9 Å². The van der Waals surface area contributed by atoms with Crippen molar-refractivity contribution >= 4 is 17.9 Å². The van der Waals surface area contributed by atoms with E-state index in [9.17, 15) is 14.4 Å². The van der Waals surface area contributed by atoms with E-state index >= 15 is 0 Å². The number of carbonyl (C=O) groups excluding carboxylic acids is 3. The Morgan fingerprint density at radius 3 is 2.21 bits per heavy atom. The first-order valence-corrected chi connectivity index (χ1v) is 7.67. The molecule has 1 rings (SSSR count). The molecule has 3 amide bonds. The summed E-state index contributed by atoms with van der Waals surface area (Å²) in [4.78, 5) is 36.8. The Bertz CT molecular complexity index is 585. The van der Waals surface area contributed by atoms with Crippen LogP contribution >= 0.6 is 0 Å². The Balaban J connectivity index is 2.80. The van der Waals surface area contributed by atoms with E-state index in [4.69, 9.17) is 4.74 Å². The molecule has 0 atom stereocenters. The summed E-state index contributed by atoms with van der Waals surface area (Å²) in [7, 11) is 3.25. The third-order valence-corrected chi connectivity index (χ3v) is 3.37. The summed E-state index contributed by atoms with van der Waals surface area (Å²) in [5.41, 5.74) is 2.35. The van der Waals surface area contributed by atoms with Crippen molar-refractivity contribution in [2.24, 2.45) is 0 Å². The van der Waals surface area contributed by atoms with Gasteiger partial charge < -0.3 is 9.64 Å². The topological polar surface area (TPSA) is 79.0 Å². The predicted octanol–water partition coefficient (Wildman–Crippen LogP) is 1.89. The molecule has 0 aliphatic heterocycles. The standard InChI is InChI=1S/C17H25N3O4/c1-13(21)18-20(12-11-15(22)19(4)5)16(23)24-17(2,3)14-9-7-6-8-10-14/h6-10H,11-12H2,1-5H3,(H,18,21). The second kappa shape index (κ2) is 8.33. The number of ether oxygens (including phenoxy) is 1. The van der Waals surface area contributed by atoms with Gasteiger partial charge in [-0.25, -0.2) is 9.80 Å². The van der Waals surface area contributed by atoms with E-state index < -0.39 is 17.6 Å². The van der Waals surface area contributed by atoms with Gasteiger partial charge >= 0.3 is 6.09 Å². The Kier molecular flexibility index (Phi) is 6.76. The maximum Gasteiger partial charge on any atom is 0.429 e. The Labute approximate surface area is 142 Å². The van der Waals surface area contributed by atoms with Crippen LogP contribution in [0.4, 0.5) is 4.79 Å². The highest BCUT2D eigenvalue weighted by atomic mass is 16.6. The van der Waals surface area contributed by atoms with E-state index in [1.165, 1.54) is 11.8 Å². The Morgan fingerprint density at radius 2 is 1.71 bits per heavy atom. The lowest BCUT2D eigenvalue weighted by Gasteiger charge is -2.30. The van der Waals surface area contributed by atoms with Gasteiger partial charge in [0.2, 0.25) is 11.8 Å². The first-order valence-electron chi connectivity index (χ1n) is 7.67. The SMILES string of the molecule is CC(=O)NN(CCC(=O)N(C)C)C(=O)OC(C)(C)c1ccccc1. The van der Waals surface area contributed by atoms with Crippen molar-refractivity contribution in [3.63, 3.8) is 0 Å². The average Bonchev–Trinajstić information content (AvgIpc) is 2.50. The average molecular weight is 335 g/mol. The second-order valence-electron chi connectivity index (χ2n) is 6.10. The molecule has 0 bridgehead atoms. The first-order chi connectivity index (χ1) is 11.1. The summed E-state index contributed by atoms with van der Waals surface area (Å²) in [5, 5.41) is 1.02. The van der Waals surface area contributed by atoms with Crippen LogP contribution in [0.15, 0.2) is 30.3 Å². The summed E-state index contributed by atoms with van der Waals surface area (Å²) in [6, 6.07) is 9.29. The zero-order chi connectivity index (χ0) is 18.3. The van der Waals surface area contributed by atoms with Gasteiger partial charge in [-0.1, -0.05) is 30.3 Å². The number of nitrogens with one attached hydrogen (secondary N) is 1. The Morgan fingerprint density at radius 1 is 1.12 bits per heavy atom. The molecular formula is C17H25N3O4. The molecule has 7 nitrogen and oxygen atoms in total. The number of benzene rings is 1. The molecule has 0 saturated carbocycles. The molecule has 24 heavy (non-hydrogen) atoms. The van der Waals surface area contributed by atoms with Gasteiger partial charge in [0.05, 0.1) is 6.54 Å². The predicted molar refractivity (Wildman–Crippen MR) is 89.8 cm³/mol. The van der Waals surface area contributed by atoms with Gasteiger partial charge in [-0.3, -0.25) is 15.0 Å². The van der Waals surface area contributed by atoms with Gasteiger partial charge in [-0.2, -0.15) is 0 Å². The number of amides is 3. The van der Waals surface area contributed by atoms with Crippen LogP contribution in [0.2, 0.25) is 0 Å². The van der Waals surface area contributed by atoms with E-state index in [-0.39, 0.29) is 18.9 Å². The molecule has 1 N–H and O–H groups in total. The minimum atomic E-state index is -0.874. The molecule has 0 spiro atoms. The van der Waals surface area contributed by atoms with Gasteiger partial charge in [-0.15, -0.1) is 0 Å². The number of hydrazine groups is 1. The van der Waals surface area contributed by atoms with Crippen LogP contribution in [-0.4, -0.2) is 48.5 Å². The number of hydrogen-bond acceptors (Lipinski definition) is 4. The van der Waals surface area contributed by atoms with E-state index in [0.29, 0.717) is 0 Å². The maximum absolute atomic E-state index is 12.4. The summed E-state index contributed by atoms with van der Waals surface area (Å²) in [6.07, 6.45) is -0.640. The quantitative estimate of drug-likeness (QED) is 0.834. The molecule has 0 aromatic heterocycles. The van der Waals surface area contributed by atoms with Gasteiger partial charge in [0.25, 0.3) is 0 Å². The van der Waals surface area contributed by atoms with Crippen LogP contribution in [0.5, 0.6) is 0 Å². The van der Waals surface area contributed by atoms with E-state index in [1.807, 2.05) is 30.3 Å². The molecule has 0 radical (unpaired) electrons. The van der Waals surface area contributed by atoms with Gasteiger partial charge in [-0.05, 0) is 19.4 Å². The smallest absolute Gasteiger partial charge is 0.429 e. The number of carbonyl (C=O) groups is 3. The van der Waals surface area contributed by atoms with Crippen LogP contribution in [0, 0.1) is 0 Å². The molecular weight excluding hydrogens is 310 g/mol. The number of hydrogen-bond donors (Lipinski definition) is 1. The highest BCUT2D eigenvalue weighted by Crippen LogP contribution is 2.25. The zero-order valence-corrected chi connectivity index (χ0v) is 14.8. The van der Waals surface area contributed by atoms with E-state index in [0.717, 1.165) is 10.6 Å². The Hall–Kier alpha value is -2.57. The highest BCUT2D eigenvalue weighted by Gasteiger charge is 2.29. The van der Waals surface area contributed by atoms with Crippen molar-refractivity contribution in [3.05, 3.63) is 35.9 Å². The minimum Gasteiger partial charge on any atom is -0.437 e. The molecule has 1 aromatic carbocycles. The van der Waals surface area contributed by atoms with Gasteiger partial charge in [0.1, 0.15) is 5.60 Å². The number of nitrogens with zero attached hydrogens (tertiary/aromatic N) is 2. The lowest BCUT2D eigenvalue weighted by Crippen LogP contribution is -2.48. The van der Waals surface area contributed by atoms with Crippen molar-refractivity contribution in [1.82, 2.24) is 15.3 Å². The summed E-state index contributed by atoms with van der Waals surface area (Å²) in [6.45, 7) is 4.84. The lowest BCUT2D eigenvalue weighted by atomic mass is 9.98. The monoisotopic (exact) mass is 335 g/mol. The van der Waals surface area contributed by atoms with Crippen molar-refractivity contribution < 1.29 is 19.1 Å². The van der Waals surface area contributed by atoms with Crippen molar-refractivity contribution in [1.29, 1.82) is 0 Å². The fourth-order valence-electron chi connectivity index (χ4n) is 1.99. The summed E-state index contributed by atoms with van der Waals surface area (Å²) >= 11 is 0. The lowest BCUT2D eigenvalue weighted by molar-refractivity contribution is -0.130. The molecule has 0 saturated heterocycles. The largest absolute Gasteiger partial charge is 0.437 e. The molecule has 0 fully saturated rings. The molecule has 0 heterocycles. The third-order valence-electron chi connectivity index (χ3n) is 3.37. The highest BCUT2D eigenvalue weighted by molar-refractivity contribution is 5.79.